The zero-order valence-electron chi connectivity index (χ0n) is 15.2. The van der Waals surface area contributed by atoms with Crippen molar-refractivity contribution in [3.8, 4) is 11.4 Å². The van der Waals surface area contributed by atoms with Gasteiger partial charge >= 0.3 is 6.55 Å². The zero-order chi connectivity index (χ0) is 20.0. The second kappa shape index (κ2) is 7.22. The summed E-state index contributed by atoms with van der Waals surface area (Å²) in [5.41, 5.74) is 1.31. The molecule has 29 heavy (non-hydrogen) atoms. The summed E-state index contributed by atoms with van der Waals surface area (Å²) in [4.78, 5) is 4.36. The number of imidazole rings is 1. The molecule has 0 amide bonds. The van der Waals surface area contributed by atoms with Gasteiger partial charge in [-0.25, -0.2) is 9.37 Å². The van der Waals surface area contributed by atoms with E-state index >= 15 is 0 Å². The smallest absolute Gasteiger partial charge is 0.299 e. The number of halogens is 3. The summed E-state index contributed by atoms with van der Waals surface area (Å²) in [6.45, 7) is -2.69. The van der Waals surface area contributed by atoms with Crippen LogP contribution in [0.5, 0.6) is 0 Å². The molecule has 0 spiro atoms. The van der Waals surface area contributed by atoms with Crippen LogP contribution in [0.1, 0.15) is 31.3 Å². The number of para-hydroxylation sites is 2. The molecule has 0 bridgehead atoms. The molecule has 1 saturated carbocycles. The van der Waals surface area contributed by atoms with Crippen molar-refractivity contribution in [3.63, 3.8) is 0 Å². The minimum atomic E-state index is -2.69. The SMILES string of the molecule is Fc1ccccc1-c1nnc(SCc2nc3ccccc3n2C(F)F)n1C1CC1. The molecule has 2 aromatic heterocycles. The van der Waals surface area contributed by atoms with Gasteiger partial charge in [0.15, 0.2) is 11.0 Å². The second-order valence-corrected chi connectivity index (χ2v) is 7.78. The van der Waals surface area contributed by atoms with Crippen LogP contribution in [0, 0.1) is 5.82 Å². The molecule has 2 heterocycles. The molecule has 148 valence electrons. The minimum absolute atomic E-state index is 0.205. The maximum absolute atomic E-state index is 14.3. The van der Waals surface area contributed by atoms with Crippen LogP contribution in [-0.2, 0) is 5.75 Å². The van der Waals surface area contributed by atoms with Gasteiger partial charge in [-0.1, -0.05) is 36.0 Å². The van der Waals surface area contributed by atoms with Crippen molar-refractivity contribution in [3.05, 3.63) is 60.2 Å². The van der Waals surface area contributed by atoms with Gasteiger partial charge < -0.3 is 0 Å². The largest absolute Gasteiger partial charge is 0.320 e. The second-order valence-electron chi connectivity index (χ2n) is 6.84. The van der Waals surface area contributed by atoms with E-state index in [0.717, 1.165) is 17.4 Å². The number of thioether (sulfide) groups is 1. The van der Waals surface area contributed by atoms with Gasteiger partial charge in [-0.15, -0.1) is 10.2 Å². The Bertz CT molecular complexity index is 1180. The first-order chi connectivity index (χ1) is 14.1. The molecule has 9 heteroatoms. The van der Waals surface area contributed by atoms with Crippen molar-refractivity contribution in [2.75, 3.05) is 0 Å². The van der Waals surface area contributed by atoms with Crippen LogP contribution in [0.2, 0.25) is 0 Å². The summed E-state index contributed by atoms with van der Waals surface area (Å²) in [6, 6.07) is 13.5. The first-order valence-corrected chi connectivity index (χ1v) is 10.2. The van der Waals surface area contributed by atoms with Gasteiger partial charge in [0.05, 0.1) is 22.3 Å². The van der Waals surface area contributed by atoms with Crippen LogP contribution in [-0.4, -0.2) is 24.3 Å². The summed E-state index contributed by atoms with van der Waals surface area (Å²) in [5, 5.41) is 9.00. The lowest BCUT2D eigenvalue weighted by atomic mass is 10.2. The number of benzene rings is 2. The van der Waals surface area contributed by atoms with Gasteiger partial charge in [0.25, 0.3) is 0 Å². The average molecular weight is 415 g/mol. The van der Waals surface area contributed by atoms with Crippen molar-refractivity contribution in [1.29, 1.82) is 0 Å². The van der Waals surface area contributed by atoms with Crippen molar-refractivity contribution >= 4 is 22.8 Å². The topological polar surface area (TPSA) is 48.5 Å². The molecule has 4 aromatic rings. The maximum atomic E-state index is 14.3. The lowest BCUT2D eigenvalue weighted by Gasteiger charge is -2.10. The highest BCUT2D eigenvalue weighted by atomic mass is 32.2. The van der Waals surface area contributed by atoms with Crippen LogP contribution >= 0.6 is 11.8 Å². The number of hydrogen-bond acceptors (Lipinski definition) is 4. The lowest BCUT2D eigenvalue weighted by Crippen LogP contribution is -2.05. The highest BCUT2D eigenvalue weighted by Gasteiger charge is 2.31. The molecule has 2 aromatic carbocycles. The van der Waals surface area contributed by atoms with Gasteiger partial charge in [0, 0.05) is 6.04 Å². The summed E-state index contributed by atoms with van der Waals surface area (Å²) >= 11 is 1.29. The van der Waals surface area contributed by atoms with E-state index in [2.05, 4.69) is 15.2 Å². The Hall–Kier alpha value is -2.81. The number of fused-ring (bicyclic) bond motifs is 1. The number of hydrogen-bond donors (Lipinski definition) is 0. The normalized spacial score (nSPS) is 14.2. The first-order valence-electron chi connectivity index (χ1n) is 9.20. The van der Waals surface area contributed by atoms with E-state index < -0.39 is 6.55 Å². The average Bonchev–Trinajstić information content (AvgIpc) is 3.35. The van der Waals surface area contributed by atoms with E-state index in [1.807, 2.05) is 4.57 Å². The van der Waals surface area contributed by atoms with E-state index in [9.17, 15) is 13.2 Å². The Morgan fingerprint density at radius 1 is 1.03 bits per heavy atom. The molecule has 0 aliphatic heterocycles. The highest BCUT2D eigenvalue weighted by molar-refractivity contribution is 7.98. The third-order valence-corrected chi connectivity index (χ3v) is 5.82. The minimum Gasteiger partial charge on any atom is -0.299 e. The molecular weight excluding hydrogens is 399 g/mol. The number of rotatable bonds is 6. The molecule has 0 N–H and O–H groups in total. The van der Waals surface area contributed by atoms with Crippen molar-refractivity contribution in [2.45, 2.75) is 36.3 Å². The Morgan fingerprint density at radius 2 is 1.79 bits per heavy atom. The van der Waals surface area contributed by atoms with Crippen LogP contribution in [0.15, 0.2) is 53.7 Å². The number of aromatic nitrogens is 5. The quantitative estimate of drug-likeness (QED) is 0.393. The fourth-order valence-electron chi connectivity index (χ4n) is 3.41. The van der Waals surface area contributed by atoms with Gasteiger partial charge in [-0.3, -0.25) is 9.13 Å². The van der Waals surface area contributed by atoms with Gasteiger partial charge in [-0.2, -0.15) is 8.78 Å². The Morgan fingerprint density at radius 3 is 2.55 bits per heavy atom. The summed E-state index contributed by atoms with van der Waals surface area (Å²) in [6.07, 6.45) is 1.92. The van der Waals surface area contributed by atoms with E-state index in [-0.39, 0.29) is 23.4 Å². The molecular formula is C20H16F3N5S. The zero-order valence-corrected chi connectivity index (χ0v) is 16.0. The standard InChI is InChI=1S/C20H16F3N5S/c21-14-6-2-1-5-13(14)18-25-26-20(27(18)12-9-10-12)29-11-17-24-15-7-3-4-8-16(15)28(17)19(22)23/h1-8,12,19H,9-11H2. The molecule has 1 fully saturated rings. The number of nitrogens with zero attached hydrogens (tertiary/aromatic N) is 5. The predicted octanol–water partition coefficient (Wildman–Crippen LogP) is 5.46. The highest BCUT2D eigenvalue weighted by Crippen LogP contribution is 2.42. The molecule has 5 rings (SSSR count). The Kier molecular flexibility index (Phi) is 4.54. The Balaban J connectivity index is 1.49. The monoisotopic (exact) mass is 415 g/mol. The molecule has 0 atom stereocenters. The molecule has 0 radical (unpaired) electrons. The van der Waals surface area contributed by atoms with Crippen molar-refractivity contribution in [1.82, 2.24) is 24.3 Å². The third-order valence-electron chi connectivity index (χ3n) is 4.89. The van der Waals surface area contributed by atoms with Gasteiger partial charge in [0.1, 0.15) is 11.6 Å². The summed E-state index contributed by atoms with van der Waals surface area (Å²) in [5.74, 6) is 0.582. The molecule has 1 aliphatic carbocycles. The first kappa shape index (κ1) is 18.2. The Labute approximate surface area is 168 Å². The fraction of sp³-hybridized carbons (Fsp3) is 0.250. The maximum Gasteiger partial charge on any atom is 0.320 e. The van der Waals surface area contributed by atoms with Crippen LogP contribution in [0.4, 0.5) is 13.2 Å². The van der Waals surface area contributed by atoms with Crippen LogP contribution < -0.4 is 0 Å². The van der Waals surface area contributed by atoms with Gasteiger partial charge in [-0.05, 0) is 37.1 Å². The molecule has 0 unspecified atom stereocenters. The van der Waals surface area contributed by atoms with Crippen LogP contribution in [0.25, 0.3) is 22.4 Å². The lowest BCUT2D eigenvalue weighted by molar-refractivity contribution is 0.0722. The summed E-state index contributed by atoms with van der Waals surface area (Å²) < 4.78 is 44.4. The van der Waals surface area contributed by atoms with E-state index in [4.69, 9.17) is 0 Å². The molecule has 1 aliphatic rings. The van der Waals surface area contributed by atoms with Crippen molar-refractivity contribution < 1.29 is 13.2 Å². The van der Waals surface area contributed by atoms with E-state index in [0.29, 0.717) is 27.6 Å². The predicted molar refractivity (Wildman–Crippen MR) is 104 cm³/mol. The van der Waals surface area contributed by atoms with E-state index in [1.165, 1.54) is 17.8 Å². The van der Waals surface area contributed by atoms with E-state index in [1.54, 1.807) is 42.5 Å². The fourth-order valence-corrected chi connectivity index (χ4v) is 4.34. The van der Waals surface area contributed by atoms with Crippen LogP contribution in [0.3, 0.4) is 0 Å². The van der Waals surface area contributed by atoms with Gasteiger partial charge in [0.2, 0.25) is 0 Å². The third kappa shape index (κ3) is 3.29. The molecule has 0 saturated heterocycles. The number of alkyl halides is 2. The van der Waals surface area contributed by atoms with Crippen molar-refractivity contribution in [2.24, 2.45) is 0 Å². The molecule has 5 nitrogen and oxygen atoms in total. The summed E-state index contributed by atoms with van der Waals surface area (Å²) in [7, 11) is 0.